The van der Waals surface area contributed by atoms with E-state index in [4.69, 9.17) is 8.53 Å². The molecular formula is C26H22N2O. The van der Waals surface area contributed by atoms with E-state index in [-0.39, 0.29) is 5.69 Å². The average molecular weight is 381 g/mol. The first-order valence-electron chi connectivity index (χ1n) is 11.1. The summed E-state index contributed by atoms with van der Waals surface area (Å²) in [6.07, 6.45) is 1.82. The number of aryl methyl sites for hydroxylation is 4. The molecule has 3 nitrogen and oxygen atoms in total. The first kappa shape index (κ1) is 14.5. The second-order valence-electron chi connectivity index (χ2n) is 7.54. The van der Waals surface area contributed by atoms with Crippen LogP contribution in [-0.2, 0) is 0 Å². The normalized spacial score (nSPS) is 13.4. The smallest absolute Gasteiger partial charge is 0.227 e. The van der Waals surface area contributed by atoms with Crippen LogP contribution in [-0.4, -0.2) is 9.97 Å². The van der Waals surface area contributed by atoms with Gasteiger partial charge < -0.3 is 4.42 Å². The van der Waals surface area contributed by atoms with Gasteiger partial charge in [-0.15, -0.1) is 0 Å². The standard InChI is InChI=1S/C26H22N2O/c1-15-12-16(2)24(17(3)13-15)19-10-11-27-23(14-19)22-7-5-6-20-21-9-8-18(4)28-26(21)29-25(20)22/h5-14H,1-4H3/i4D3. The van der Waals surface area contributed by atoms with Crippen LogP contribution in [0.1, 0.15) is 26.5 Å². The number of para-hydroxylation sites is 1. The number of hydrogen-bond donors (Lipinski definition) is 0. The van der Waals surface area contributed by atoms with E-state index in [0.717, 1.165) is 27.6 Å². The third-order valence-electron chi connectivity index (χ3n) is 5.37. The van der Waals surface area contributed by atoms with Gasteiger partial charge in [0, 0.05) is 32.3 Å². The molecule has 3 heterocycles. The lowest BCUT2D eigenvalue weighted by Crippen LogP contribution is -1.92. The molecule has 2 aromatic carbocycles. The molecular weight excluding hydrogens is 356 g/mol. The number of hydrogen-bond acceptors (Lipinski definition) is 3. The van der Waals surface area contributed by atoms with Crippen LogP contribution >= 0.6 is 0 Å². The lowest BCUT2D eigenvalue weighted by atomic mass is 9.93. The molecule has 5 aromatic rings. The number of pyridine rings is 2. The lowest BCUT2D eigenvalue weighted by molar-refractivity contribution is 0.653. The van der Waals surface area contributed by atoms with Crippen LogP contribution < -0.4 is 0 Å². The minimum atomic E-state index is -2.28. The third-order valence-corrected chi connectivity index (χ3v) is 5.37. The Morgan fingerprint density at radius 1 is 0.897 bits per heavy atom. The number of benzene rings is 2. The summed E-state index contributed by atoms with van der Waals surface area (Å²) in [6.45, 7) is 4.08. The minimum Gasteiger partial charge on any atom is -0.437 e. The second kappa shape index (κ2) is 6.56. The van der Waals surface area contributed by atoms with Crippen LogP contribution in [0.3, 0.4) is 0 Å². The molecule has 0 saturated heterocycles. The van der Waals surface area contributed by atoms with E-state index in [0.29, 0.717) is 11.3 Å². The second-order valence-corrected chi connectivity index (χ2v) is 7.54. The van der Waals surface area contributed by atoms with Crippen LogP contribution in [0.15, 0.2) is 65.2 Å². The van der Waals surface area contributed by atoms with Crippen molar-refractivity contribution in [3.63, 3.8) is 0 Å². The fourth-order valence-electron chi connectivity index (χ4n) is 4.25. The molecule has 0 aliphatic heterocycles. The van der Waals surface area contributed by atoms with E-state index in [1.54, 1.807) is 12.1 Å². The molecule has 0 spiro atoms. The van der Waals surface area contributed by atoms with Crippen molar-refractivity contribution in [2.45, 2.75) is 27.6 Å². The zero-order valence-corrected chi connectivity index (χ0v) is 16.6. The average Bonchev–Trinajstić information content (AvgIpc) is 3.10. The van der Waals surface area contributed by atoms with Crippen LogP contribution in [0.4, 0.5) is 0 Å². The molecule has 0 N–H and O–H groups in total. The van der Waals surface area contributed by atoms with Gasteiger partial charge in [0.1, 0.15) is 5.58 Å². The van der Waals surface area contributed by atoms with E-state index in [1.807, 2.05) is 30.5 Å². The first-order chi connectivity index (χ1) is 15.2. The zero-order chi connectivity index (χ0) is 22.6. The van der Waals surface area contributed by atoms with Gasteiger partial charge in [0.2, 0.25) is 5.71 Å². The summed E-state index contributed by atoms with van der Waals surface area (Å²) < 4.78 is 29.0. The highest BCUT2D eigenvalue weighted by molar-refractivity contribution is 6.08. The van der Waals surface area contributed by atoms with Crippen molar-refractivity contribution in [3.8, 4) is 22.4 Å². The number of nitrogens with zero attached hydrogens (tertiary/aromatic N) is 2. The van der Waals surface area contributed by atoms with Gasteiger partial charge in [0.15, 0.2) is 0 Å². The van der Waals surface area contributed by atoms with Crippen molar-refractivity contribution in [2.75, 3.05) is 0 Å². The van der Waals surface area contributed by atoms with Gasteiger partial charge >= 0.3 is 0 Å². The van der Waals surface area contributed by atoms with E-state index < -0.39 is 6.85 Å². The lowest BCUT2D eigenvalue weighted by Gasteiger charge is -2.12. The Bertz CT molecular complexity index is 1480. The molecule has 0 atom stereocenters. The molecule has 0 fully saturated rings. The van der Waals surface area contributed by atoms with Crippen LogP contribution in [0.2, 0.25) is 0 Å². The zero-order valence-electron chi connectivity index (χ0n) is 19.6. The highest BCUT2D eigenvalue weighted by Crippen LogP contribution is 2.36. The summed E-state index contributed by atoms with van der Waals surface area (Å²) in [5.41, 5.74) is 8.64. The van der Waals surface area contributed by atoms with E-state index in [1.165, 1.54) is 22.3 Å². The molecule has 142 valence electrons. The molecule has 0 aliphatic carbocycles. The SMILES string of the molecule is [2H]C([2H])([2H])c1ccc2c(n1)oc1c(-c3cc(-c4c(C)cc(C)cc4C)ccn3)cccc12. The van der Waals surface area contributed by atoms with E-state index >= 15 is 0 Å². The highest BCUT2D eigenvalue weighted by atomic mass is 16.3. The molecule has 0 aliphatic rings. The van der Waals surface area contributed by atoms with Gasteiger partial charge in [0.05, 0.1) is 5.69 Å². The van der Waals surface area contributed by atoms with E-state index in [9.17, 15) is 0 Å². The molecule has 5 rings (SSSR count). The maximum atomic E-state index is 7.63. The summed E-state index contributed by atoms with van der Waals surface area (Å²) in [5.74, 6) is 0. The Labute approximate surface area is 174 Å². The topological polar surface area (TPSA) is 38.9 Å². The predicted molar refractivity (Wildman–Crippen MR) is 119 cm³/mol. The largest absolute Gasteiger partial charge is 0.437 e. The predicted octanol–water partition coefficient (Wildman–Crippen LogP) is 6.94. The van der Waals surface area contributed by atoms with Gasteiger partial charge in [0.25, 0.3) is 0 Å². The molecule has 0 bridgehead atoms. The third kappa shape index (κ3) is 2.90. The monoisotopic (exact) mass is 381 g/mol. The molecule has 3 heteroatoms. The van der Waals surface area contributed by atoms with Gasteiger partial charge in [-0.25, -0.2) is 4.98 Å². The number of aromatic nitrogens is 2. The molecule has 0 amide bonds. The molecule has 29 heavy (non-hydrogen) atoms. The van der Waals surface area contributed by atoms with E-state index in [2.05, 4.69) is 48.9 Å². The number of fused-ring (bicyclic) bond motifs is 3. The number of rotatable bonds is 2. The van der Waals surface area contributed by atoms with Gasteiger partial charge in [-0.05, 0) is 80.2 Å². The van der Waals surface area contributed by atoms with Crippen molar-refractivity contribution in [1.82, 2.24) is 9.97 Å². The van der Waals surface area contributed by atoms with Crippen molar-refractivity contribution < 1.29 is 8.53 Å². The first-order valence-corrected chi connectivity index (χ1v) is 9.60. The van der Waals surface area contributed by atoms with Crippen molar-refractivity contribution in [1.29, 1.82) is 0 Å². The van der Waals surface area contributed by atoms with Crippen molar-refractivity contribution in [3.05, 3.63) is 83.2 Å². The Balaban J connectivity index is 1.70. The summed E-state index contributed by atoms with van der Waals surface area (Å²) in [5, 5.41) is 1.67. The maximum Gasteiger partial charge on any atom is 0.227 e. The van der Waals surface area contributed by atoms with Gasteiger partial charge in [-0.3, -0.25) is 4.98 Å². The summed E-state index contributed by atoms with van der Waals surface area (Å²) in [6, 6.07) is 17.7. The minimum absolute atomic E-state index is 0.0241. The molecule has 3 aromatic heterocycles. The number of furan rings is 1. The Kier molecular flexibility index (Phi) is 3.28. The fraction of sp³-hybridized carbons (Fsp3) is 0.154. The van der Waals surface area contributed by atoms with Crippen molar-refractivity contribution in [2.24, 2.45) is 0 Å². The van der Waals surface area contributed by atoms with Crippen LogP contribution in [0, 0.1) is 27.6 Å². The molecule has 0 radical (unpaired) electrons. The summed E-state index contributed by atoms with van der Waals surface area (Å²) in [7, 11) is 0. The Hall–Kier alpha value is -3.46. The Morgan fingerprint density at radius 2 is 1.72 bits per heavy atom. The van der Waals surface area contributed by atoms with Crippen molar-refractivity contribution >= 4 is 22.1 Å². The fourth-order valence-corrected chi connectivity index (χ4v) is 4.25. The highest BCUT2D eigenvalue weighted by Gasteiger charge is 2.15. The molecule has 0 unspecified atom stereocenters. The van der Waals surface area contributed by atoms with Gasteiger partial charge in [-0.1, -0.05) is 29.8 Å². The summed E-state index contributed by atoms with van der Waals surface area (Å²) in [4.78, 5) is 8.88. The van der Waals surface area contributed by atoms with Gasteiger partial charge in [-0.2, -0.15) is 0 Å². The van der Waals surface area contributed by atoms with Crippen LogP contribution in [0.5, 0.6) is 0 Å². The Morgan fingerprint density at radius 3 is 2.52 bits per heavy atom. The quantitative estimate of drug-likeness (QED) is 0.332. The maximum absolute atomic E-state index is 7.63. The molecule has 0 saturated carbocycles. The summed E-state index contributed by atoms with van der Waals surface area (Å²) >= 11 is 0. The van der Waals surface area contributed by atoms with Crippen LogP contribution in [0.25, 0.3) is 44.5 Å².